The Morgan fingerprint density at radius 3 is 1.52 bits per heavy atom. The lowest BCUT2D eigenvalue weighted by molar-refractivity contribution is 0.0577. The molecule has 0 spiro atoms. The lowest BCUT2D eigenvalue weighted by atomic mass is 10.0. The summed E-state index contributed by atoms with van der Waals surface area (Å²) in [5.74, 6) is 0. The Balaban J connectivity index is 2.30. The zero-order chi connectivity index (χ0) is 16.8. The van der Waals surface area contributed by atoms with Crippen LogP contribution in [0, 0.1) is 0 Å². The van der Waals surface area contributed by atoms with Crippen molar-refractivity contribution in [3.8, 4) is 0 Å². The second-order valence-electron chi connectivity index (χ2n) is 6.18. The Bertz CT molecular complexity index is 561. The van der Waals surface area contributed by atoms with Crippen LogP contribution in [0.25, 0.3) is 0 Å². The average Bonchev–Trinajstić information content (AvgIpc) is 2.53. The van der Waals surface area contributed by atoms with Gasteiger partial charge in [-0.1, -0.05) is 60.7 Å². The maximum atomic E-state index is 12.7. The van der Waals surface area contributed by atoms with Gasteiger partial charge >= 0.3 is 6.09 Å². The molecule has 0 unspecified atom stereocenters. The third-order valence-electron chi connectivity index (χ3n) is 3.75. The summed E-state index contributed by atoms with van der Waals surface area (Å²) in [6.45, 7) is 8.01. The van der Waals surface area contributed by atoms with Crippen molar-refractivity contribution in [1.82, 2.24) is 4.90 Å². The van der Waals surface area contributed by atoms with E-state index in [2.05, 4.69) is 0 Å². The number of carbonyl (C=O) groups is 1. The van der Waals surface area contributed by atoms with Crippen molar-refractivity contribution in [2.45, 2.75) is 45.9 Å². The molecule has 0 saturated heterocycles. The van der Waals surface area contributed by atoms with E-state index < -0.39 is 6.10 Å². The lowest BCUT2D eigenvalue weighted by Gasteiger charge is -2.31. The SMILES string of the molecule is CC(C)N(C(=O)OC(c1ccccc1)c1ccccc1)C(C)C. The largest absolute Gasteiger partial charge is 0.436 e. The molecule has 0 bridgehead atoms. The number of hydrogen-bond donors (Lipinski definition) is 0. The van der Waals surface area contributed by atoms with Gasteiger partial charge in [0.25, 0.3) is 0 Å². The van der Waals surface area contributed by atoms with Crippen molar-refractivity contribution in [1.29, 1.82) is 0 Å². The molecule has 0 aliphatic heterocycles. The summed E-state index contributed by atoms with van der Waals surface area (Å²) in [5.41, 5.74) is 1.94. The molecule has 1 amide bonds. The predicted molar refractivity (Wildman–Crippen MR) is 93.3 cm³/mol. The topological polar surface area (TPSA) is 29.5 Å². The molecular formula is C20H25NO2. The zero-order valence-corrected chi connectivity index (χ0v) is 14.3. The van der Waals surface area contributed by atoms with Gasteiger partial charge in [-0.2, -0.15) is 0 Å². The van der Waals surface area contributed by atoms with Gasteiger partial charge in [-0.05, 0) is 38.8 Å². The average molecular weight is 311 g/mol. The summed E-state index contributed by atoms with van der Waals surface area (Å²) in [6.07, 6.45) is -0.683. The zero-order valence-electron chi connectivity index (χ0n) is 14.3. The molecular weight excluding hydrogens is 286 g/mol. The highest BCUT2D eigenvalue weighted by Gasteiger charge is 2.26. The van der Waals surface area contributed by atoms with E-state index in [1.807, 2.05) is 88.4 Å². The summed E-state index contributed by atoms with van der Waals surface area (Å²) >= 11 is 0. The van der Waals surface area contributed by atoms with Crippen molar-refractivity contribution in [2.24, 2.45) is 0 Å². The van der Waals surface area contributed by atoms with Crippen molar-refractivity contribution in [3.63, 3.8) is 0 Å². The summed E-state index contributed by atoms with van der Waals surface area (Å²) in [6, 6.07) is 19.9. The van der Waals surface area contributed by atoms with Gasteiger partial charge in [-0.25, -0.2) is 4.79 Å². The molecule has 0 heterocycles. The van der Waals surface area contributed by atoms with Crippen LogP contribution in [0.15, 0.2) is 60.7 Å². The summed E-state index contributed by atoms with van der Waals surface area (Å²) in [5, 5.41) is 0. The fraction of sp³-hybridized carbons (Fsp3) is 0.350. The van der Waals surface area contributed by atoms with Crippen LogP contribution >= 0.6 is 0 Å². The molecule has 2 rings (SSSR count). The van der Waals surface area contributed by atoms with Crippen molar-refractivity contribution >= 4 is 6.09 Å². The van der Waals surface area contributed by atoms with Crippen LogP contribution in [-0.4, -0.2) is 23.1 Å². The second-order valence-corrected chi connectivity index (χ2v) is 6.18. The van der Waals surface area contributed by atoms with E-state index in [1.54, 1.807) is 4.90 Å². The number of rotatable bonds is 5. The number of benzene rings is 2. The fourth-order valence-electron chi connectivity index (χ4n) is 2.76. The van der Waals surface area contributed by atoms with Crippen LogP contribution in [0.5, 0.6) is 0 Å². The van der Waals surface area contributed by atoms with E-state index in [1.165, 1.54) is 0 Å². The molecule has 3 heteroatoms. The van der Waals surface area contributed by atoms with Crippen LogP contribution in [0.2, 0.25) is 0 Å². The Morgan fingerprint density at radius 2 is 1.17 bits per heavy atom. The molecule has 0 radical (unpaired) electrons. The summed E-state index contributed by atoms with van der Waals surface area (Å²) in [4.78, 5) is 14.4. The van der Waals surface area contributed by atoms with Gasteiger partial charge in [-0.15, -0.1) is 0 Å². The van der Waals surface area contributed by atoms with Gasteiger partial charge in [0.2, 0.25) is 0 Å². The monoisotopic (exact) mass is 311 g/mol. The minimum Gasteiger partial charge on any atom is -0.436 e. The molecule has 122 valence electrons. The minimum absolute atomic E-state index is 0.0923. The third kappa shape index (κ3) is 4.35. The quantitative estimate of drug-likeness (QED) is 0.775. The Kier molecular flexibility index (Phi) is 5.80. The van der Waals surface area contributed by atoms with Crippen LogP contribution in [-0.2, 0) is 4.74 Å². The molecule has 0 N–H and O–H groups in total. The second kappa shape index (κ2) is 7.82. The maximum absolute atomic E-state index is 12.7. The standard InChI is InChI=1S/C20H25NO2/c1-15(2)21(16(3)4)20(22)23-19(17-11-7-5-8-12-17)18-13-9-6-10-14-18/h5-16,19H,1-4H3. The van der Waals surface area contributed by atoms with Crippen LogP contribution in [0.4, 0.5) is 4.79 Å². The molecule has 2 aromatic carbocycles. The van der Waals surface area contributed by atoms with E-state index in [0.29, 0.717) is 0 Å². The number of hydrogen-bond acceptors (Lipinski definition) is 2. The normalized spacial score (nSPS) is 11.1. The molecule has 0 aliphatic carbocycles. The van der Waals surface area contributed by atoms with E-state index in [0.717, 1.165) is 11.1 Å². The van der Waals surface area contributed by atoms with E-state index in [-0.39, 0.29) is 18.2 Å². The Labute approximate surface area is 138 Å². The third-order valence-corrected chi connectivity index (χ3v) is 3.75. The van der Waals surface area contributed by atoms with Crippen LogP contribution in [0.3, 0.4) is 0 Å². The maximum Gasteiger partial charge on any atom is 0.411 e. The van der Waals surface area contributed by atoms with E-state index >= 15 is 0 Å². The van der Waals surface area contributed by atoms with Crippen molar-refractivity contribution < 1.29 is 9.53 Å². The van der Waals surface area contributed by atoms with Gasteiger partial charge < -0.3 is 9.64 Å². The first kappa shape index (κ1) is 17.1. The first-order valence-electron chi connectivity index (χ1n) is 8.09. The number of ether oxygens (including phenoxy) is 1. The molecule has 0 saturated carbocycles. The predicted octanol–water partition coefficient (Wildman–Crippen LogP) is 5.03. The van der Waals surface area contributed by atoms with Gasteiger partial charge in [0.1, 0.15) is 0 Å². The molecule has 0 atom stereocenters. The van der Waals surface area contributed by atoms with Gasteiger partial charge in [0.15, 0.2) is 6.10 Å². The first-order chi connectivity index (χ1) is 11.0. The highest BCUT2D eigenvalue weighted by atomic mass is 16.6. The smallest absolute Gasteiger partial charge is 0.411 e. The van der Waals surface area contributed by atoms with E-state index in [4.69, 9.17) is 4.74 Å². The fourth-order valence-corrected chi connectivity index (χ4v) is 2.76. The van der Waals surface area contributed by atoms with Crippen LogP contribution in [0.1, 0.15) is 44.9 Å². The van der Waals surface area contributed by atoms with Gasteiger partial charge in [-0.3, -0.25) is 0 Å². The highest BCUT2D eigenvalue weighted by Crippen LogP contribution is 2.27. The van der Waals surface area contributed by atoms with E-state index in [9.17, 15) is 4.79 Å². The number of nitrogens with zero attached hydrogens (tertiary/aromatic N) is 1. The Hall–Kier alpha value is -2.29. The Morgan fingerprint density at radius 1 is 0.783 bits per heavy atom. The number of carbonyl (C=O) groups excluding carboxylic acids is 1. The molecule has 0 fully saturated rings. The molecule has 23 heavy (non-hydrogen) atoms. The molecule has 3 nitrogen and oxygen atoms in total. The minimum atomic E-state index is -0.398. The van der Waals surface area contributed by atoms with Crippen molar-refractivity contribution in [3.05, 3.63) is 71.8 Å². The van der Waals surface area contributed by atoms with Gasteiger partial charge in [0, 0.05) is 12.1 Å². The lowest BCUT2D eigenvalue weighted by Crippen LogP contribution is -2.42. The van der Waals surface area contributed by atoms with Crippen molar-refractivity contribution in [2.75, 3.05) is 0 Å². The van der Waals surface area contributed by atoms with Crippen LogP contribution < -0.4 is 0 Å². The molecule has 0 aliphatic rings. The summed E-state index contributed by atoms with van der Waals surface area (Å²) < 4.78 is 5.89. The number of amides is 1. The first-order valence-corrected chi connectivity index (χ1v) is 8.09. The van der Waals surface area contributed by atoms with Gasteiger partial charge in [0.05, 0.1) is 0 Å². The molecule has 2 aromatic rings. The summed E-state index contributed by atoms with van der Waals surface area (Å²) in [7, 11) is 0. The molecule has 0 aromatic heterocycles. The highest BCUT2D eigenvalue weighted by molar-refractivity contribution is 5.69.